The first kappa shape index (κ1) is 30.5. The number of methoxy groups -OCH3 is 1. The Kier molecular flexibility index (Phi) is 8.55. The van der Waals surface area contributed by atoms with Crippen molar-refractivity contribution in [2.75, 3.05) is 27.3 Å². The molecule has 1 atom stereocenters. The van der Waals surface area contributed by atoms with E-state index in [0.29, 0.717) is 10.3 Å². The molecule has 1 amide bonds. The number of hydrogen-bond donors (Lipinski definition) is 0. The van der Waals surface area contributed by atoms with E-state index >= 15 is 4.39 Å². The summed E-state index contributed by atoms with van der Waals surface area (Å²) in [5.74, 6) is -1.20. The number of pyridine rings is 2. The Morgan fingerprint density at radius 2 is 1.98 bits per heavy atom. The molecule has 12 nitrogen and oxygen atoms in total. The van der Waals surface area contributed by atoms with Crippen LogP contribution in [0.5, 0.6) is 0 Å². The summed E-state index contributed by atoms with van der Waals surface area (Å²) in [4.78, 5) is 17.2. The minimum absolute atomic E-state index is 0.0376. The molecule has 228 valence electrons. The van der Waals surface area contributed by atoms with Gasteiger partial charge < -0.3 is 14.8 Å². The number of carbonyl (C=O) groups excluding carboxylic acids is 1. The standard InChI is InChI=1S/C27H22ClF4N9O3/c1-38(24(42)14-44-2)13-22(39-11-18(10-35-39)16-7-8-33-23(9-16)27(30,31)32)20-5-3-17(12-41(20)43)25-21(40-15-34-36-37-40)6-4-19(28)26(25)29/h3-12,15,22H,13-14H2,1-2H3. The molecule has 4 aromatic heterocycles. The lowest BCUT2D eigenvalue weighted by Gasteiger charge is -2.24. The van der Waals surface area contributed by atoms with Gasteiger partial charge in [-0.1, -0.05) is 11.6 Å². The Morgan fingerprint density at radius 3 is 2.66 bits per heavy atom. The van der Waals surface area contributed by atoms with E-state index in [9.17, 15) is 23.2 Å². The van der Waals surface area contributed by atoms with Crippen molar-refractivity contribution in [2.24, 2.45) is 0 Å². The van der Waals surface area contributed by atoms with Gasteiger partial charge in [0.2, 0.25) is 11.6 Å². The zero-order chi connectivity index (χ0) is 31.6. The van der Waals surface area contributed by atoms with Gasteiger partial charge in [-0.25, -0.2) is 4.39 Å². The van der Waals surface area contributed by atoms with Gasteiger partial charge in [0.15, 0.2) is 18.1 Å². The van der Waals surface area contributed by atoms with Crippen molar-refractivity contribution < 1.29 is 31.8 Å². The molecular weight excluding hydrogens is 610 g/mol. The lowest BCUT2D eigenvalue weighted by Crippen LogP contribution is -2.41. The number of tetrazole rings is 1. The van der Waals surface area contributed by atoms with Crippen LogP contribution in [0, 0.1) is 11.0 Å². The number of halogens is 5. The van der Waals surface area contributed by atoms with Gasteiger partial charge in [0.25, 0.3) is 0 Å². The number of benzene rings is 1. The van der Waals surface area contributed by atoms with Crippen LogP contribution in [0.15, 0.2) is 67.5 Å². The third-order valence-corrected chi connectivity index (χ3v) is 6.98. The van der Waals surface area contributed by atoms with Gasteiger partial charge >= 0.3 is 6.18 Å². The normalized spacial score (nSPS) is 12.3. The molecule has 17 heteroatoms. The Morgan fingerprint density at radius 1 is 1.18 bits per heavy atom. The number of nitrogens with zero attached hydrogens (tertiary/aromatic N) is 9. The van der Waals surface area contributed by atoms with E-state index in [4.69, 9.17) is 16.3 Å². The van der Waals surface area contributed by atoms with Crippen molar-refractivity contribution in [1.29, 1.82) is 0 Å². The molecule has 5 rings (SSSR count). The van der Waals surface area contributed by atoms with Crippen molar-refractivity contribution in [3.63, 3.8) is 0 Å². The largest absolute Gasteiger partial charge is 0.618 e. The Labute approximate surface area is 251 Å². The maximum absolute atomic E-state index is 15.3. The highest BCUT2D eigenvalue weighted by Gasteiger charge is 2.33. The van der Waals surface area contributed by atoms with Gasteiger partial charge in [0.1, 0.15) is 18.6 Å². The van der Waals surface area contributed by atoms with Crippen LogP contribution < -0.4 is 4.73 Å². The fraction of sp³-hybridized carbons (Fsp3) is 0.222. The van der Waals surface area contributed by atoms with Crippen LogP contribution in [0.2, 0.25) is 5.02 Å². The molecule has 0 spiro atoms. The second-order valence-corrected chi connectivity index (χ2v) is 9.95. The van der Waals surface area contributed by atoms with E-state index in [1.165, 1.54) is 77.5 Å². The maximum Gasteiger partial charge on any atom is 0.433 e. The summed E-state index contributed by atoms with van der Waals surface area (Å²) < 4.78 is 63.1. The summed E-state index contributed by atoms with van der Waals surface area (Å²) in [5.41, 5.74) is -0.144. The van der Waals surface area contributed by atoms with E-state index in [0.717, 1.165) is 18.5 Å². The highest BCUT2D eigenvalue weighted by atomic mass is 35.5. The van der Waals surface area contributed by atoms with E-state index in [1.807, 2.05) is 0 Å². The molecule has 1 unspecified atom stereocenters. The van der Waals surface area contributed by atoms with Crippen molar-refractivity contribution in [2.45, 2.75) is 12.2 Å². The van der Waals surface area contributed by atoms with Gasteiger partial charge in [0, 0.05) is 38.2 Å². The molecule has 0 saturated heterocycles. The number of ether oxygens (including phenoxy) is 1. The number of alkyl halides is 3. The first-order chi connectivity index (χ1) is 21.0. The lowest BCUT2D eigenvalue weighted by molar-refractivity contribution is -0.615. The van der Waals surface area contributed by atoms with Gasteiger partial charge in [0.05, 0.1) is 34.6 Å². The van der Waals surface area contributed by atoms with E-state index < -0.39 is 29.6 Å². The lowest BCUT2D eigenvalue weighted by atomic mass is 10.0. The molecule has 0 saturated carbocycles. The zero-order valence-corrected chi connectivity index (χ0v) is 23.7. The SMILES string of the molecule is COCC(=O)N(C)CC(c1ccc(-c2c(-n3cnnn3)ccc(Cl)c2F)c[n+]1[O-])n1cc(-c2ccnc(C(F)(F)F)c2)cn1. The molecule has 0 radical (unpaired) electrons. The molecule has 1 aromatic carbocycles. The predicted octanol–water partition coefficient (Wildman–Crippen LogP) is 3.73. The minimum atomic E-state index is -4.65. The molecule has 0 bridgehead atoms. The van der Waals surface area contributed by atoms with Crippen molar-refractivity contribution in [3.8, 4) is 27.9 Å². The van der Waals surface area contributed by atoms with Crippen LogP contribution in [0.4, 0.5) is 17.6 Å². The predicted molar refractivity (Wildman–Crippen MR) is 147 cm³/mol. The van der Waals surface area contributed by atoms with Crippen molar-refractivity contribution in [3.05, 3.63) is 94.9 Å². The molecule has 0 N–H and O–H groups in total. The molecule has 4 heterocycles. The highest BCUT2D eigenvalue weighted by molar-refractivity contribution is 6.31. The average Bonchev–Trinajstić information content (AvgIpc) is 3.70. The molecular formula is C27H22ClF4N9O3. The summed E-state index contributed by atoms with van der Waals surface area (Å²) >= 11 is 6.05. The van der Waals surface area contributed by atoms with Gasteiger partial charge in [-0.05, 0) is 46.3 Å². The molecule has 0 aliphatic heterocycles. The summed E-state index contributed by atoms with van der Waals surface area (Å²) in [6, 6.07) is 7.09. The fourth-order valence-corrected chi connectivity index (χ4v) is 4.66. The number of amides is 1. The molecule has 0 aliphatic rings. The molecule has 0 aliphatic carbocycles. The van der Waals surface area contributed by atoms with Crippen LogP contribution in [-0.4, -0.2) is 73.1 Å². The maximum atomic E-state index is 15.3. The number of carbonyl (C=O) groups is 1. The fourth-order valence-electron chi connectivity index (χ4n) is 4.51. The van der Waals surface area contributed by atoms with E-state index in [1.54, 1.807) is 0 Å². The first-order valence-corrected chi connectivity index (χ1v) is 13.1. The number of aromatic nitrogens is 8. The van der Waals surface area contributed by atoms with Gasteiger partial charge in [-0.2, -0.15) is 27.7 Å². The summed E-state index contributed by atoms with van der Waals surface area (Å²) in [7, 11) is 2.86. The highest BCUT2D eigenvalue weighted by Crippen LogP contribution is 2.34. The molecule has 0 fully saturated rings. The molecule has 44 heavy (non-hydrogen) atoms. The van der Waals surface area contributed by atoms with Crippen molar-refractivity contribution >= 4 is 17.5 Å². The minimum Gasteiger partial charge on any atom is -0.618 e. The number of hydrogen-bond acceptors (Lipinski definition) is 8. The summed E-state index contributed by atoms with van der Waals surface area (Å²) in [6.07, 6.45) is 1.56. The summed E-state index contributed by atoms with van der Waals surface area (Å²) in [6.45, 7) is -0.300. The Bertz CT molecular complexity index is 1800. The second-order valence-electron chi connectivity index (χ2n) is 9.54. The Balaban J connectivity index is 1.57. The van der Waals surface area contributed by atoms with E-state index in [2.05, 4.69) is 25.6 Å². The topological polar surface area (TPSA) is 131 Å². The quantitative estimate of drug-likeness (QED) is 0.137. The first-order valence-electron chi connectivity index (χ1n) is 12.7. The van der Waals surface area contributed by atoms with Crippen LogP contribution >= 0.6 is 11.6 Å². The monoisotopic (exact) mass is 631 g/mol. The zero-order valence-electron chi connectivity index (χ0n) is 23.0. The van der Waals surface area contributed by atoms with Crippen LogP contribution in [0.1, 0.15) is 17.4 Å². The third-order valence-electron chi connectivity index (χ3n) is 6.69. The van der Waals surface area contributed by atoms with Gasteiger partial charge in [-0.3, -0.25) is 14.5 Å². The van der Waals surface area contributed by atoms with Crippen LogP contribution in [-0.2, 0) is 15.7 Å². The number of rotatable bonds is 9. The van der Waals surface area contributed by atoms with Gasteiger partial charge in [-0.15, -0.1) is 5.10 Å². The average molecular weight is 632 g/mol. The van der Waals surface area contributed by atoms with Crippen LogP contribution in [0.25, 0.3) is 27.9 Å². The van der Waals surface area contributed by atoms with Crippen LogP contribution in [0.3, 0.4) is 0 Å². The smallest absolute Gasteiger partial charge is 0.433 e. The number of likely N-dealkylation sites (N-methyl/N-ethyl adjacent to an activating group) is 1. The summed E-state index contributed by atoms with van der Waals surface area (Å²) in [5, 5.41) is 28.6. The third kappa shape index (κ3) is 6.21. The van der Waals surface area contributed by atoms with E-state index in [-0.39, 0.29) is 46.2 Å². The Hall–Kier alpha value is -4.96. The van der Waals surface area contributed by atoms with Crippen molar-refractivity contribution in [1.82, 2.24) is 39.9 Å². The molecule has 5 aromatic rings. The second kappa shape index (κ2) is 12.3.